The van der Waals surface area contributed by atoms with Crippen LogP contribution in [0, 0.1) is 0 Å². The monoisotopic (exact) mass is 525 g/mol. The first-order chi connectivity index (χ1) is 17.6. The Kier molecular flexibility index (Phi) is 8.55. The lowest BCUT2D eigenvalue weighted by Gasteiger charge is -2.13. The van der Waals surface area contributed by atoms with E-state index in [0.29, 0.717) is 41.1 Å². The zero-order valence-corrected chi connectivity index (χ0v) is 21.1. The van der Waals surface area contributed by atoms with Gasteiger partial charge in [-0.2, -0.15) is 0 Å². The Bertz CT molecular complexity index is 1360. The van der Waals surface area contributed by atoms with E-state index in [1.807, 2.05) is 48.5 Å². The number of ether oxygens (including phenoxy) is 4. The first kappa shape index (κ1) is 26.3. The maximum atomic E-state index is 12.8. The molecule has 1 aliphatic heterocycles. The highest BCUT2D eigenvalue weighted by molar-refractivity contribution is 6.09. The second kappa shape index (κ2) is 12.0. The molecule has 2 N–H and O–H groups in total. The van der Waals surface area contributed by atoms with Crippen molar-refractivity contribution in [3.63, 3.8) is 0 Å². The van der Waals surface area contributed by atoms with Crippen molar-refractivity contribution < 1.29 is 33.3 Å². The fourth-order valence-corrected chi connectivity index (χ4v) is 4.05. The summed E-state index contributed by atoms with van der Waals surface area (Å²) in [5, 5.41) is 14.2. The molecule has 5 rings (SSSR count). The molecule has 0 amide bonds. The largest absolute Gasteiger partial charge is 0.491 e. The standard InChI is InChI=1S/C28H27NO7.ClH/c1-2-32-28(31)26-22-13-21(9-11-23(22)36-27(26)19-6-4-3-5-7-19)33-16-20(30)15-29-14-18-8-10-24-25(12-18)35-17-34-24;/h3-13,20,29-30H,2,14-17H2,1H3;1H. The Labute approximate surface area is 220 Å². The van der Waals surface area contributed by atoms with Crippen LogP contribution in [0.3, 0.4) is 0 Å². The van der Waals surface area contributed by atoms with E-state index >= 15 is 0 Å². The van der Waals surface area contributed by atoms with Gasteiger partial charge >= 0.3 is 5.97 Å². The summed E-state index contributed by atoms with van der Waals surface area (Å²) in [6, 6.07) is 20.4. The molecule has 0 saturated carbocycles. The lowest BCUT2D eigenvalue weighted by atomic mass is 10.1. The molecular weight excluding hydrogens is 498 g/mol. The number of carbonyl (C=O) groups is 1. The lowest BCUT2D eigenvalue weighted by molar-refractivity contribution is 0.0528. The molecule has 0 bridgehead atoms. The molecule has 8 nitrogen and oxygen atoms in total. The molecule has 0 fully saturated rings. The molecular formula is C28H28ClNO7. The van der Waals surface area contributed by atoms with Crippen LogP contribution in [0.1, 0.15) is 22.8 Å². The number of fused-ring (bicyclic) bond motifs is 2. The Morgan fingerprint density at radius 2 is 1.86 bits per heavy atom. The van der Waals surface area contributed by atoms with Crippen molar-refractivity contribution in [1.82, 2.24) is 5.32 Å². The molecule has 0 aliphatic carbocycles. The third-order valence-corrected chi connectivity index (χ3v) is 5.76. The van der Waals surface area contributed by atoms with Crippen LogP contribution < -0.4 is 19.5 Å². The van der Waals surface area contributed by atoms with E-state index in [0.717, 1.165) is 22.6 Å². The summed E-state index contributed by atoms with van der Waals surface area (Å²) in [6.07, 6.45) is -0.733. The minimum Gasteiger partial charge on any atom is -0.491 e. The molecule has 3 aromatic carbocycles. The quantitative estimate of drug-likeness (QED) is 0.280. The molecule has 1 atom stereocenters. The van der Waals surface area contributed by atoms with Crippen LogP contribution in [0.15, 0.2) is 71.1 Å². The maximum Gasteiger partial charge on any atom is 0.342 e. The molecule has 2 heterocycles. The van der Waals surface area contributed by atoms with Crippen molar-refractivity contribution in [2.24, 2.45) is 0 Å². The SMILES string of the molecule is CCOC(=O)c1c(-c2ccccc2)oc2ccc(OCC(O)CNCc3ccc4c(c3)OCO4)cc12.Cl. The van der Waals surface area contributed by atoms with Gasteiger partial charge in [-0.25, -0.2) is 4.79 Å². The van der Waals surface area contributed by atoms with Crippen LogP contribution in [0.5, 0.6) is 17.2 Å². The summed E-state index contributed by atoms with van der Waals surface area (Å²) >= 11 is 0. The van der Waals surface area contributed by atoms with E-state index in [9.17, 15) is 9.90 Å². The number of aliphatic hydroxyl groups is 1. The molecule has 1 aliphatic rings. The normalized spacial score (nSPS) is 12.7. The van der Waals surface area contributed by atoms with Crippen molar-refractivity contribution in [2.75, 3.05) is 26.6 Å². The smallest absolute Gasteiger partial charge is 0.342 e. The van der Waals surface area contributed by atoms with Gasteiger partial charge in [0.05, 0.1) is 6.61 Å². The minimum atomic E-state index is -0.733. The van der Waals surface area contributed by atoms with Crippen LogP contribution in [-0.2, 0) is 11.3 Å². The predicted octanol–water partition coefficient (Wildman–Crippen LogP) is 4.96. The molecule has 4 aromatic rings. The second-order valence-corrected chi connectivity index (χ2v) is 8.33. The zero-order chi connectivity index (χ0) is 24.9. The van der Waals surface area contributed by atoms with Gasteiger partial charge in [0.2, 0.25) is 6.79 Å². The van der Waals surface area contributed by atoms with Crippen molar-refractivity contribution in [1.29, 1.82) is 0 Å². The summed E-state index contributed by atoms with van der Waals surface area (Å²) < 4.78 is 27.9. The Morgan fingerprint density at radius 3 is 2.68 bits per heavy atom. The van der Waals surface area contributed by atoms with E-state index in [4.69, 9.17) is 23.4 Å². The first-order valence-electron chi connectivity index (χ1n) is 11.8. The van der Waals surface area contributed by atoms with Crippen molar-refractivity contribution in [3.05, 3.63) is 77.9 Å². The van der Waals surface area contributed by atoms with Gasteiger partial charge in [-0.15, -0.1) is 12.4 Å². The Balaban J connectivity index is 0.00000320. The molecule has 0 saturated heterocycles. The first-order valence-corrected chi connectivity index (χ1v) is 11.8. The van der Waals surface area contributed by atoms with Crippen molar-refractivity contribution >= 4 is 29.3 Å². The van der Waals surface area contributed by atoms with E-state index in [-0.39, 0.29) is 32.4 Å². The van der Waals surface area contributed by atoms with Gasteiger partial charge in [0, 0.05) is 24.0 Å². The highest BCUT2D eigenvalue weighted by atomic mass is 35.5. The maximum absolute atomic E-state index is 12.8. The van der Waals surface area contributed by atoms with Gasteiger partial charge in [0.25, 0.3) is 0 Å². The topological polar surface area (TPSA) is 99.4 Å². The van der Waals surface area contributed by atoms with Gasteiger partial charge in [0.1, 0.15) is 35.4 Å². The molecule has 0 radical (unpaired) electrons. The van der Waals surface area contributed by atoms with Crippen LogP contribution in [0.4, 0.5) is 0 Å². The molecule has 0 spiro atoms. The zero-order valence-electron chi connectivity index (χ0n) is 20.3. The third-order valence-electron chi connectivity index (χ3n) is 5.76. The highest BCUT2D eigenvalue weighted by Gasteiger charge is 2.24. The van der Waals surface area contributed by atoms with Gasteiger partial charge in [-0.05, 0) is 42.8 Å². The minimum absolute atomic E-state index is 0. The lowest BCUT2D eigenvalue weighted by Crippen LogP contribution is -2.31. The highest BCUT2D eigenvalue weighted by Crippen LogP contribution is 2.36. The number of furan rings is 1. The number of nitrogens with one attached hydrogen (secondary N) is 1. The average Bonchev–Trinajstić information content (AvgIpc) is 3.52. The van der Waals surface area contributed by atoms with E-state index < -0.39 is 12.1 Å². The van der Waals surface area contributed by atoms with Crippen molar-refractivity contribution in [3.8, 4) is 28.6 Å². The fraction of sp³-hybridized carbons (Fsp3) is 0.250. The van der Waals surface area contributed by atoms with E-state index in [1.54, 1.807) is 25.1 Å². The van der Waals surface area contributed by atoms with E-state index in [1.165, 1.54) is 0 Å². The third kappa shape index (κ3) is 5.99. The number of carbonyl (C=O) groups excluding carboxylic acids is 1. The van der Waals surface area contributed by atoms with Crippen molar-refractivity contribution in [2.45, 2.75) is 19.6 Å². The fourth-order valence-electron chi connectivity index (χ4n) is 4.05. The average molecular weight is 526 g/mol. The Hall–Kier alpha value is -3.72. The molecule has 1 aromatic heterocycles. The van der Waals surface area contributed by atoms with Crippen LogP contribution in [0.2, 0.25) is 0 Å². The number of aliphatic hydroxyl groups excluding tert-OH is 1. The number of halogens is 1. The number of benzene rings is 3. The Morgan fingerprint density at radius 1 is 1.05 bits per heavy atom. The molecule has 194 valence electrons. The number of esters is 1. The molecule has 1 unspecified atom stereocenters. The van der Waals surface area contributed by atoms with Gasteiger partial charge in [0.15, 0.2) is 11.5 Å². The van der Waals surface area contributed by atoms with Gasteiger partial charge in [-0.1, -0.05) is 36.4 Å². The summed E-state index contributed by atoms with van der Waals surface area (Å²) in [4.78, 5) is 12.8. The summed E-state index contributed by atoms with van der Waals surface area (Å²) in [6.45, 7) is 3.24. The number of hydrogen-bond acceptors (Lipinski definition) is 8. The van der Waals surface area contributed by atoms with E-state index in [2.05, 4.69) is 5.32 Å². The predicted molar refractivity (Wildman–Crippen MR) is 141 cm³/mol. The number of hydrogen-bond donors (Lipinski definition) is 2. The van der Waals surface area contributed by atoms with Gasteiger partial charge < -0.3 is 33.8 Å². The molecule has 9 heteroatoms. The molecule has 37 heavy (non-hydrogen) atoms. The summed E-state index contributed by atoms with van der Waals surface area (Å²) in [7, 11) is 0. The van der Waals surface area contributed by atoms with Crippen LogP contribution >= 0.6 is 12.4 Å². The second-order valence-electron chi connectivity index (χ2n) is 8.33. The van der Waals surface area contributed by atoms with Gasteiger partial charge in [-0.3, -0.25) is 0 Å². The van der Waals surface area contributed by atoms with Crippen LogP contribution in [-0.4, -0.2) is 43.7 Å². The number of rotatable bonds is 10. The van der Waals surface area contributed by atoms with Crippen LogP contribution in [0.25, 0.3) is 22.3 Å². The summed E-state index contributed by atoms with van der Waals surface area (Å²) in [5.74, 6) is 1.98. The summed E-state index contributed by atoms with van der Waals surface area (Å²) in [5.41, 5.74) is 2.71.